The summed E-state index contributed by atoms with van der Waals surface area (Å²) < 4.78 is 0. The van der Waals surface area contributed by atoms with Gasteiger partial charge in [-0.05, 0) is 28.8 Å². The van der Waals surface area contributed by atoms with Gasteiger partial charge in [0.1, 0.15) is 6.10 Å². The minimum absolute atomic E-state index is 0.385. The fraction of sp³-hybridized carbons (Fsp3) is 0.143. The van der Waals surface area contributed by atoms with Gasteiger partial charge in [-0.25, -0.2) is 0 Å². The van der Waals surface area contributed by atoms with E-state index in [4.69, 9.17) is 17.3 Å². The lowest BCUT2D eigenvalue weighted by molar-refractivity contribution is 0.219. The number of rotatable bonds is 3. The molecule has 0 heterocycles. The Labute approximate surface area is 106 Å². The summed E-state index contributed by atoms with van der Waals surface area (Å²) in [7, 11) is 0. The zero-order valence-corrected chi connectivity index (χ0v) is 10.1. The quantitative estimate of drug-likeness (QED) is 0.876. The van der Waals surface area contributed by atoms with Crippen LogP contribution in [-0.2, 0) is 6.54 Å². The van der Waals surface area contributed by atoms with Crippen LogP contribution in [0.2, 0.25) is 5.02 Å². The number of benzene rings is 2. The molecule has 0 saturated heterocycles. The van der Waals surface area contributed by atoms with Gasteiger partial charge >= 0.3 is 0 Å². The van der Waals surface area contributed by atoms with E-state index in [-0.39, 0.29) is 0 Å². The van der Waals surface area contributed by atoms with Crippen LogP contribution in [0.3, 0.4) is 0 Å². The maximum absolute atomic E-state index is 10.3. The van der Waals surface area contributed by atoms with Crippen molar-refractivity contribution in [3.8, 4) is 0 Å². The molecule has 0 aromatic heterocycles. The lowest BCUT2D eigenvalue weighted by Gasteiger charge is -2.15. The number of nitrogens with two attached hydrogens (primary N) is 1. The fourth-order valence-electron chi connectivity index (χ4n) is 1.82. The van der Waals surface area contributed by atoms with Gasteiger partial charge in [0.25, 0.3) is 0 Å². The molecule has 0 amide bonds. The summed E-state index contributed by atoms with van der Waals surface area (Å²) in [5, 5.41) is 10.9. The smallest absolute Gasteiger partial charge is 0.104 e. The molecule has 2 aromatic rings. The van der Waals surface area contributed by atoms with Crippen molar-refractivity contribution in [3.63, 3.8) is 0 Å². The second kappa shape index (κ2) is 5.32. The standard InChI is InChI=1S/C14H14ClNO/c15-12-7-6-11(9-16)13(8-12)14(17)10-4-2-1-3-5-10/h1-8,14,17H,9,16H2/t14-/m1/s1. The minimum atomic E-state index is -0.687. The molecule has 17 heavy (non-hydrogen) atoms. The van der Waals surface area contributed by atoms with E-state index in [9.17, 15) is 5.11 Å². The normalized spacial score (nSPS) is 12.4. The van der Waals surface area contributed by atoms with Gasteiger partial charge in [-0.2, -0.15) is 0 Å². The van der Waals surface area contributed by atoms with Crippen LogP contribution in [0.4, 0.5) is 0 Å². The van der Waals surface area contributed by atoms with Crippen molar-refractivity contribution in [2.75, 3.05) is 0 Å². The van der Waals surface area contributed by atoms with Crippen LogP contribution in [0.25, 0.3) is 0 Å². The first-order chi connectivity index (χ1) is 8.22. The van der Waals surface area contributed by atoms with E-state index in [1.807, 2.05) is 36.4 Å². The van der Waals surface area contributed by atoms with Gasteiger partial charge in [-0.3, -0.25) is 0 Å². The Bertz CT molecular complexity index is 499. The lowest BCUT2D eigenvalue weighted by atomic mass is 9.97. The average molecular weight is 248 g/mol. The van der Waals surface area contributed by atoms with E-state index in [0.29, 0.717) is 11.6 Å². The molecule has 0 aliphatic carbocycles. The maximum atomic E-state index is 10.3. The SMILES string of the molecule is NCc1ccc(Cl)cc1[C@H](O)c1ccccc1. The molecule has 3 heteroatoms. The number of hydrogen-bond donors (Lipinski definition) is 2. The Balaban J connectivity index is 2.43. The molecule has 2 nitrogen and oxygen atoms in total. The second-order valence-corrected chi connectivity index (χ2v) is 4.30. The zero-order valence-electron chi connectivity index (χ0n) is 9.31. The van der Waals surface area contributed by atoms with Crippen LogP contribution < -0.4 is 5.73 Å². The van der Waals surface area contributed by atoms with Crippen LogP contribution >= 0.6 is 11.6 Å². The third-order valence-corrected chi connectivity index (χ3v) is 2.97. The minimum Gasteiger partial charge on any atom is -0.384 e. The summed E-state index contributed by atoms with van der Waals surface area (Å²) in [4.78, 5) is 0. The lowest BCUT2D eigenvalue weighted by Crippen LogP contribution is -2.07. The molecular weight excluding hydrogens is 234 g/mol. The summed E-state index contributed by atoms with van der Waals surface area (Å²) in [5.74, 6) is 0. The summed E-state index contributed by atoms with van der Waals surface area (Å²) in [6.45, 7) is 0.385. The Morgan fingerprint density at radius 2 is 1.82 bits per heavy atom. The summed E-state index contributed by atoms with van der Waals surface area (Å²) in [6.07, 6.45) is -0.687. The number of hydrogen-bond acceptors (Lipinski definition) is 2. The van der Waals surface area contributed by atoms with Gasteiger partial charge in [0.05, 0.1) is 0 Å². The van der Waals surface area contributed by atoms with Crippen molar-refractivity contribution in [3.05, 3.63) is 70.2 Å². The molecular formula is C14H14ClNO. The molecule has 0 saturated carbocycles. The molecule has 0 fully saturated rings. The van der Waals surface area contributed by atoms with Crippen molar-refractivity contribution < 1.29 is 5.11 Å². The topological polar surface area (TPSA) is 46.2 Å². The molecule has 0 unspecified atom stereocenters. The van der Waals surface area contributed by atoms with Crippen LogP contribution in [0, 0.1) is 0 Å². The third-order valence-electron chi connectivity index (χ3n) is 2.74. The highest BCUT2D eigenvalue weighted by Gasteiger charge is 2.14. The molecule has 0 bridgehead atoms. The molecule has 3 N–H and O–H groups in total. The van der Waals surface area contributed by atoms with Gasteiger partial charge in [0.2, 0.25) is 0 Å². The summed E-state index contributed by atoms with van der Waals surface area (Å²) >= 11 is 5.95. The first-order valence-corrected chi connectivity index (χ1v) is 5.81. The first-order valence-electron chi connectivity index (χ1n) is 5.44. The number of halogens is 1. The van der Waals surface area contributed by atoms with Gasteiger partial charge in [0, 0.05) is 11.6 Å². The Kier molecular flexibility index (Phi) is 3.79. The van der Waals surface area contributed by atoms with Crippen molar-refractivity contribution in [1.29, 1.82) is 0 Å². The predicted molar refractivity (Wildman–Crippen MR) is 69.8 cm³/mol. The fourth-order valence-corrected chi connectivity index (χ4v) is 2.00. The van der Waals surface area contributed by atoms with Crippen molar-refractivity contribution in [2.24, 2.45) is 5.73 Å². The zero-order chi connectivity index (χ0) is 12.3. The molecule has 0 aliphatic heterocycles. The number of aliphatic hydroxyl groups excluding tert-OH is 1. The van der Waals surface area contributed by atoms with E-state index in [1.165, 1.54) is 0 Å². The van der Waals surface area contributed by atoms with E-state index in [2.05, 4.69) is 0 Å². The van der Waals surface area contributed by atoms with Crippen LogP contribution in [0.15, 0.2) is 48.5 Å². The predicted octanol–water partition coefficient (Wildman–Crippen LogP) is 2.88. The molecule has 0 aliphatic rings. The van der Waals surface area contributed by atoms with Crippen LogP contribution in [-0.4, -0.2) is 5.11 Å². The Morgan fingerprint density at radius 1 is 1.12 bits per heavy atom. The molecule has 2 aromatic carbocycles. The molecule has 1 atom stereocenters. The summed E-state index contributed by atoms with van der Waals surface area (Å²) in [5.41, 5.74) is 8.18. The van der Waals surface area contributed by atoms with Crippen molar-refractivity contribution >= 4 is 11.6 Å². The first kappa shape index (κ1) is 12.1. The molecule has 88 valence electrons. The Hall–Kier alpha value is -1.35. The van der Waals surface area contributed by atoms with E-state index in [1.54, 1.807) is 12.1 Å². The maximum Gasteiger partial charge on any atom is 0.104 e. The highest BCUT2D eigenvalue weighted by molar-refractivity contribution is 6.30. The largest absolute Gasteiger partial charge is 0.384 e. The van der Waals surface area contributed by atoms with Gasteiger partial charge in [-0.1, -0.05) is 48.0 Å². The molecule has 0 radical (unpaired) electrons. The van der Waals surface area contributed by atoms with E-state index in [0.717, 1.165) is 16.7 Å². The Morgan fingerprint density at radius 3 is 2.47 bits per heavy atom. The van der Waals surface area contributed by atoms with E-state index < -0.39 is 6.10 Å². The summed E-state index contributed by atoms with van der Waals surface area (Å²) in [6, 6.07) is 14.9. The van der Waals surface area contributed by atoms with Crippen molar-refractivity contribution in [1.82, 2.24) is 0 Å². The highest BCUT2D eigenvalue weighted by Crippen LogP contribution is 2.27. The van der Waals surface area contributed by atoms with Gasteiger partial charge < -0.3 is 10.8 Å². The van der Waals surface area contributed by atoms with Crippen LogP contribution in [0.5, 0.6) is 0 Å². The highest BCUT2D eigenvalue weighted by atomic mass is 35.5. The monoisotopic (exact) mass is 247 g/mol. The van der Waals surface area contributed by atoms with Crippen molar-refractivity contribution in [2.45, 2.75) is 12.6 Å². The third kappa shape index (κ3) is 2.67. The van der Waals surface area contributed by atoms with Crippen LogP contribution in [0.1, 0.15) is 22.8 Å². The molecule has 0 spiro atoms. The molecule has 2 rings (SSSR count). The van der Waals surface area contributed by atoms with Gasteiger partial charge in [-0.15, -0.1) is 0 Å². The average Bonchev–Trinajstić information content (AvgIpc) is 2.39. The van der Waals surface area contributed by atoms with Gasteiger partial charge in [0.15, 0.2) is 0 Å². The second-order valence-electron chi connectivity index (χ2n) is 3.86. The number of aliphatic hydroxyl groups is 1. The van der Waals surface area contributed by atoms with E-state index >= 15 is 0 Å².